The molecule has 52 valence electrons. The van der Waals surface area contributed by atoms with Gasteiger partial charge in [0.05, 0.1) is 6.10 Å². The largest absolute Gasteiger partial charge is 0.389 e. The van der Waals surface area contributed by atoms with E-state index < -0.39 is 8.80 Å². The van der Waals surface area contributed by atoms with Crippen LogP contribution in [0.25, 0.3) is 0 Å². The van der Waals surface area contributed by atoms with Crippen molar-refractivity contribution in [2.24, 2.45) is 0 Å². The van der Waals surface area contributed by atoms with Gasteiger partial charge in [-0.2, -0.15) is 0 Å². The van der Waals surface area contributed by atoms with Gasteiger partial charge in [0, 0.05) is 8.80 Å². The van der Waals surface area contributed by atoms with Gasteiger partial charge in [0.2, 0.25) is 0 Å². The van der Waals surface area contributed by atoms with Gasteiger partial charge in [-0.05, 0) is 12.5 Å². The third-order valence-corrected chi connectivity index (χ3v) is 4.43. The van der Waals surface area contributed by atoms with E-state index >= 15 is 0 Å². The Morgan fingerprint density at radius 1 is 1.67 bits per heavy atom. The maximum atomic E-state index is 9.21. The molecule has 0 radical (unpaired) electrons. The molecule has 1 N–H and O–H groups in total. The summed E-state index contributed by atoms with van der Waals surface area (Å²) in [5.74, 6) is 0. The van der Waals surface area contributed by atoms with Crippen LogP contribution in [0.15, 0.2) is 12.2 Å². The summed E-state index contributed by atoms with van der Waals surface area (Å²) in [4.78, 5) is 0. The fourth-order valence-electron chi connectivity index (χ4n) is 1.24. The van der Waals surface area contributed by atoms with E-state index in [9.17, 15) is 5.11 Å². The van der Waals surface area contributed by atoms with Crippen LogP contribution < -0.4 is 0 Å². The minimum Gasteiger partial charge on any atom is -0.389 e. The van der Waals surface area contributed by atoms with Gasteiger partial charge in [-0.15, -0.1) is 0 Å². The van der Waals surface area contributed by atoms with E-state index in [4.69, 9.17) is 0 Å². The average molecular weight is 142 g/mol. The molecule has 2 atom stereocenters. The number of aliphatic hydroxyl groups is 1. The summed E-state index contributed by atoms with van der Waals surface area (Å²) in [6.07, 6.45) is 5.14. The van der Waals surface area contributed by atoms with Crippen LogP contribution >= 0.6 is 0 Å². The number of aliphatic hydroxyl groups excluding tert-OH is 1. The molecule has 0 aromatic rings. The molecule has 0 spiro atoms. The summed E-state index contributed by atoms with van der Waals surface area (Å²) in [6, 6.07) is 2.45. The summed E-state index contributed by atoms with van der Waals surface area (Å²) in [6.45, 7) is 2.33. The first kappa shape index (κ1) is 7.03. The standard InChI is InChI=1S/C7H14OSi/c1-9-5-3-2-4-7(8)6-9/h2,4,7-9H,3,5-6H2,1H3/t7-,9?/m0/s1. The van der Waals surface area contributed by atoms with Crippen LogP contribution in [0.4, 0.5) is 0 Å². The van der Waals surface area contributed by atoms with E-state index in [1.807, 2.05) is 6.08 Å². The Bertz CT molecular complexity index is 111. The highest BCUT2D eigenvalue weighted by atomic mass is 28.3. The van der Waals surface area contributed by atoms with Crippen LogP contribution in [0.2, 0.25) is 18.6 Å². The van der Waals surface area contributed by atoms with E-state index in [1.54, 1.807) is 0 Å². The third kappa shape index (κ3) is 2.33. The number of allylic oxidation sites excluding steroid dienone is 1. The summed E-state index contributed by atoms with van der Waals surface area (Å²) in [5.41, 5.74) is 0. The van der Waals surface area contributed by atoms with Gasteiger partial charge in [0.1, 0.15) is 0 Å². The van der Waals surface area contributed by atoms with Crippen molar-refractivity contribution in [2.75, 3.05) is 0 Å². The second-order valence-corrected chi connectivity index (χ2v) is 6.17. The van der Waals surface area contributed by atoms with Crippen molar-refractivity contribution in [3.63, 3.8) is 0 Å². The first-order chi connectivity index (χ1) is 4.29. The second kappa shape index (κ2) is 3.18. The number of hydrogen-bond donors (Lipinski definition) is 1. The molecule has 1 unspecified atom stereocenters. The lowest BCUT2D eigenvalue weighted by molar-refractivity contribution is 0.243. The molecule has 0 aromatic carbocycles. The minimum absolute atomic E-state index is 0.117. The molecule has 0 amide bonds. The Labute approximate surface area is 58.0 Å². The highest BCUT2D eigenvalue weighted by Gasteiger charge is 2.10. The Morgan fingerprint density at radius 3 is 3.22 bits per heavy atom. The van der Waals surface area contributed by atoms with Crippen LogP contribution in [0.1, 0.15) is 6.42 Å². The van der Waals surface area contributed by atoms with E-state index in [2.05, 4.69) is 12.6 Å². The van der Waals surface area contributed by atoms with Crippen LogP contribution in [0.5, 0.6) is 0 Å². The normalized spacial score (nSPS) is 36.2. The number of hydrogen-bond acceptors (Lipinski definition) is 1. The lowest BCUT2D eigenvalue weighted by Gasteiger charge is -2.06. The highest BCUT2D eigenvalue weighted by molar-refractivity contribution is 6.57. The lowest BCUT2D eigenvalue weighted by Crippen LogP contribution is -2.12. The maximum absolute atomic E-state index is 9.21. The van der Waals surface area contributed by atoms with E-state index in [-0.39, 0.29) is 6.10 Å². The predicted octanol–water partition coefficient (Wildman–Crippen LogP) is 1.16. The maximum Gasteiger partial charge on any atom is 0.0694 e. The zero-order valence-electron chi connectivity index (χ0n) is 5.88. The third-order valence-electron chi connectivity index (χ3n) is 1.83. The molecule has 1 nitrogen and oxygen atoms in total. The van der Waals surface area contributed by atoms with Crippen molar-refractivity contribution in [1.29, 1.82) is 0 Å². The molecule has 1 heterocycles. The van der Waals surface area contributed by atoms with Crippen molar-refractivity contribution in [3.8, 4) is 0 Å². The minimum atomic E-state index is -0.510. The SMILES string of the molecule is C[SiH]1CCC=C[C@H](O)C1. The fourth-order valence-corrected chi connectivity index (χ4v) is 3.22. The van der Waals surface area contributed by atoms with Gasteiger partial charge >= 0.3 is 0 Å². The van der Waals surface area contributed by atoms with Gasteiger partial charge in [-0.1, -0.05) is 24.7 Å². The molecule has 0 aromatic heterocycles. The predicted molar refractivity (Wildman–Crippen MR) is 42.4 cm³/mol. The Hall–Kier alpha value is -0.0831. The summed E-state index contributed by atoms with van der Waals surface area (Å²) >= 11 is 0. The fraction of sp³-hybridized carbons (Fsp3) is 0.714. The average Bonchev–Trinajstić information content (AvgIpc) is 1.93. The van der Waals surface area contributed by atoms with Crippen molar-refractivity contribution in [1.82, 2.24) is 0 Å². The van der Waals surface area contributed by atoms with Crippen molar-refractivity contribution >= 4 is 8.80 Å². The topological polar surface area (TPSA) is 20.2 Å². The van der Waals surface area contributed by atoms with Gasteiger partial charge in [-0.3, -0.25) is 0 Å². The molecular weight excluding hydrogens is 128 g/mol. The quantitative estimate of drug-likeness (QED) is 0.397. The molecule has 2 heteroatoms. The molecule has 9 heavy (non-hydrogen) atoms. The van der Waals surface area contributed by atoms with Gasteiger partial charge < -0.3 is 5.11 Å². The smallest absolute Gasteiger partial charge is 0.0694 e. The van der Waals surface area contributed by atoms with Gasteiger partial charge in [-0.25, -0.2) is 0 Å². The second-order valence-electron chi connectivity index (χ2n) is 2.91. The van der Waals surface area contributed by atoms with Crippen molar-refractivity contribution in [3.05, 3.63) is 12.2 Å². The first-order valence-electron chi connectivity index (χ1n) is 3.64. The van der Waals surface area contributed by atoms with Crippen molar-refractivity contribution < 1.29 is 5.11 Å². The van der Waals surface area contributed by atoms with Crippen LogP contribution in [0, 0.1) is 0 Å². The molecule has 0 saturated heterocycles. The molecule has 1 aliphatic rings. The Kier molecular flexibility index (Phi) is 2.48. The molecule has 0 saturated carbocycles. The van der Waals surface area contributed by atoms with E-state index in [0.717, 1.165) is 6.04 Å². The first-order valence-corrected chi connectivity index (χ1v) is 6.42. The van der Waals surface area contributed by atoms with Crippen LogP contribution in [-0.4, -0.2) is 20.0 Å². The lowest BCUT2D eigenvalue weighted by atomic mass is 10.3. The van der Waals surface area contributed by atoms with E-state index in [0.29, 0.717) is 0 Å². The Balaban J connectivity index is 2.40. The van der Waals surface area contributed by atoms with Gasteiger partial charge in [0.25, 0.3) is 0 Å². The molecule has 0 aliphatic carbocycles. The summed E-state index contributed by atoms with van der Waals surface area (Å²) < 4.78 is 0. The molecule has 0 bridgehead atoms. The molecular formula is C7H14OSi. The van der Waals surface area contributed by atoms with Crippen molar-refractivity contribution in [2.45, 2.75) is 31.2 Å². The van der Waals surface area contributed by atoms with Crippen LogP contribution in [-0.2, 0) is 0 Å². The molecule has 1 rings (SSSR count). The van der Waals surface area contributed by atoms with E-state index in [1.165, 1.54) is 12.5 Å². The summed E-state index contributed by atoms with van der Waals surface area (Å²) in [7, 11) is -0.510. The highest BCUT2D eigenvalue weighted by Crippen LogP contribution is 2.12. The summed E-state index contributed by atoms with van der Waals surface area (Å²) in [5, 5.41) is 9.21. The number of rotatable bonds is 0. The van der Waals surface area contributed by atoms with Gasteiger partial charge in [0.15, 0.2) is 0 Å². The molecule has 0 fully saturated rings. The van der Waals surface area contributed by atoms with Crippen LogP contribution in [0.3, 0.4) is 0 Å². The Morgan fingerprint density at radius 2 is 2.44 bits per heavy atom. The zero-order valence-corrected chi connectivity index (χ0v) is 7.03. The monoisotopic (exact) mass is 142 g/mol. The zero-order chi connectivity index (χ0) is 6.69. The molecule has 1 aliphatic heterocycles.